The normalized spacial score (nSPS) is 31.9. The van der Waals surface area contributed by atoms with Gasteiger partial charge in [-0.25, -0.2) is 4.79 Å². The first-order valence-electron chi connectivity index (χ1n) is 18.2. The van der Waals surface area contributed by atoms with Crippen LogP contribution in [0, 0.1) is 17.8 Å². The van der Waals surface area contributed by atoms with Crippen LogP contribution in [0.2, 0.25) is 0 Å². The van der Waals surface area contributed by atoms with Crippen molar-refractivity contribution in [3.63, 3.8) is 0 Å². The van der Waals surface area contributed by atoms with Crippen LogP contribution in [-0.2, 0) is 22.6 Å². The highest BCUT2D eigenvalue weighted by molar-refractivity contribution is 5.89. The number of nitrogens with one attached hydrogen (secondary N) is 2. The lowest BCUT2D eigenvalue weighted by Gasteiger charge is -2.56. The van der Waals surface area contributed by atoms with E-state index in [1.165, 1.54) is 24.8 Å². The Labute approximate surface area is 284 Å². The highest BCUT2D eigenvalue weighted by atomic mass is 16.7. The molecule has 6 aliphatic rings. The van der Waals surface area contributed by atoms with Crippen LogP contribution in [0.1, 0.15) is 79.6 Å². The molecule has 3 aromatic carbocycles. The first kappa shape index (κ1) is 32.0. The molecule has 48 heavy (non-hydrogen) atoms. The highest BCUT2D eigenvalue weighted by Gasteiger charge is 2.51. The Morgan fingerprint density at radius 2 is 1.35 bits per heavy atom. The lowest BCUT2D eigenvalue weighted by Crippen LogP contribution is -2.60. The second kappa shape index (κ2) is 13.9. The largest absolute Gasteiger partial charge is 0.392 e. The van der Waals surface area contributed by atoms with E-state index in [0.717, 1.165) is 105 Å². The number of piperazine rings is 1. The molecule has 3 unspecified atom stereocenters. The zero-order valence-electron chi connectivity index (χ0n) is 27.9. The predicted molar refractivity (Wildman–Crippen MR) is 186 cm³/mol. The van der Waals surface area contributed by atoms with Crippen molar-refractivity contribution < 1.29 is 19.4 Å². The van der Waals surface area contributed by atoms with Crippen molar-refractivity contribution in [3.05, 3.63) is 101 Å². The molecule has 2 heterocycles. The molecule has 4 bridgehead atoms. The number of carbonyl (C=O) groups excluding carboxylic acids is 1. The smallest absolute Gasteiger partial charge is 0.319 e. The van der Waals surface area contributed by atoms with Crippen LogP contribution in [0.25, 0.3) is 0 Å². The SMILES string of the molecule is O=C(Nc1ccc(C2OC(CN3CCN(Cc4ccccc4)CC3)CC(c3ccc(CO)cc3)O2)cc1)NC12CC3CC(CC(C3)C1)C2. The predicted octanol–water partition coefficient (Wildman–Crippen LogP) is 6.63. The van der Waals surface area contributed by atoms with Gasteiger partial charge in [0, 0.05) is 62.5 Å². The summed E-state index contributed by atoms with van der Waals surface area (Å²) in [5, 5.41) is 16.1. The summed E-state index contributed by atoms with van der Waals surface area (Å²) < 4.78 is 13.3. The average molecular weight is 651 g/mol. The molecule has 3 N–H and O–H groups in total. The Hall–Kier alpha value is -3.27. The Morgan fingerprint density at radius 3 is 2.00 bits per heavy atom. The van der Waals surface area contributed by atoms with E-state index >= 15 is 0 Å². The van der Waals surface area contributed by atoms with Crippen LogP contribution in [0.4, 0.5) is 10.5 Å². The second-order valence-corrected chi connectivity index (χ2v) is 15.3. The summed E-state index contributed by atoms with van der Waals surface area (Å²) in [5.41, 5.74) is 5.05. The monoisotopic (exact) mass is 650 g/mol. The van der Waals surface area contributed by atoms with Gasteiger partial charge in [0.2, 0.25) is 0 Å². The molecule has 2 amide bonds. The molecule has 8 heteroatoms. The minimum atomic E-state index is -0.513. The van der Waals surface area contributed by atoms with E-state index in [2.05, 4.69) is 62.9 Å². The zero-order chi connectivity index (χ0) is 32.5. The zero-order valence-corrected chi connectivity index (χ0v) is 27.9. The first-order chi connectivity index (χ1) is 23.5. The molecule has 2 aliphatic heterocycles. The number of nitrogens with zero attached hydrogens (tertiary/aromatic N) is 2. The third-order valence-electron chi connectivity index (χ3n) is 11.6. The fourth-order valence-corrected chi connectivity index (χ4v) is 9.68. The lowest BCUT2D eigenvalue weighted by molar-refractivity contribution is -0.253. The summed E-state index contributed by atoms with van der Waals surface area (Å²) in [6, 6.07) is 26.6. The molecule has 8 nitrogen and oxygen atoms in total. The molecule has 3 aromatic rings. The van der Waals surface area contributed by atoms with Gasteiger partial charge in [-0.05, 0) is 85.1 Å². The summed E-state index contributed by atoms with van der Waals surface area (Å²) in [6.45, 7) is 5.98. The van der Waals surface area contributed by atoms with E-state index in [0.29, 0.717) is 0 Å². The van der Waals surface area contributed by atoms with Gasteiger partial charge < -0.3 is 25.2 Å². The topological polar surface area (TPSA) is 86.3 Å². The summed E-state index contributed by atoms with van der Waals surface area (Å²) in [5.74, 6) is 2.36. The minimum absolute atomic E-state index is 0.0100. The van der Waals surface area contributed by atoms with Gasteiger partial charge in [0.05, 0.1) is 18.8 Å². The van der Waals surface area contributed by atoms with Crippen LogP contribution in [0.5, 0.6) is 0 Å². The van der Waals surface area contributed by atoms with Gasteiger partial charge >= 0.3 is 6.03 Å². The Morgan fingerprint density at radius 1 is 0.729 bits per heavy atom. The van der Waals surface area contributed by atoms with Crippen molar-refractivity contribution in [2.75, 3.05) is 38.0 Å². The summed E-state index contributed by atoms with van der Waals surface area (Å²) in [4.78, 5) is 18.2. The summed E-state index contributed by atoms with van der Waals surface area (Å²) in [6.07, 6.45) is 7.62. The van der Waals surface area contributed by atoms with E-state index < -0.39 is 6.29 Å². The van der Waals surface area contributed by atoms with Gasteiger partial charge in [-0.3, -0.25) is 9.80 Å². The molecule has 4 saturated carbocycles. The molecule has 4 aliphatic carbocycles. The molecular weight excluding hydrogens is 600 g/mol. The lowest BCUT2D eigenvalue weighted by atomic mass is 9.53. The maximum Gasteiger partial charge on any atom is 0.319 e. The quantitative estimate of drug-likeness (QED) is 0.241. The molecule has 0 aromatic heterocycles. The van der Waals surface area contributed by atoms with Gasteiger partial charge in [0.1, 0.15) is 0 Å². The number of aliphatic hydroxyl groups excluding tert-OH is 1. The molecule has 2 saturated heterocycles. The standard InChI is InChI=1S/C40H50N4O4/c45-27-29-6-8-33(9-7-29)37-21-36(26-44-16-14-43(15-17-44)25-28-4-2-1-3-5-28)47-38(48-37)34-10-12-35(13-11-34)41-39(46)42-40-22-30-18-31(23-40)20-32(19-30)24-40/h1-13,30-32,36-38,45H,14-27H2,(H2,41,42,46). The number of anilines is 1. The number of hydrogen-bond acceptors (Lipinski definition) is 6. The number of urea groups is 1. The molecule has 6 fully saturated rings. The van der Waals surface area contributed by atoms with Crippen molar-refractivity contribution in [3.8, 4) is 0 Å². The van der Waals surface area contributed by atoms with Gasteiger partial charge in [-0.1, -0.05) is 66.7 Å². The van der Waals surface area contributed by atoms with Crippen molar-refractivity contribution in [2.45, 2.75) is 82.1 Å². The summed E-state index contributed by atoms with van der Waals surface area (Å²) >= 11 is 0. The molecular formula is C40H50N4O4. The van der Waals surface area contributed by atoms with Crippen LogP contribution >= 0.6 is 0 Å². The number of aliphatic hydroxyl groups is 1. The fraction of sp³-hybridized carbons (Fsp3) is 0.525. The average Bonchev–Trinajstić information content (AvgIpc) is 3.09. The maximum atomic E-state index is 13.2. The van der Waals surface area contributed by atoms with Gasteiger partial charge in [0.25, 0.3) is 0 Å². The van der Waals surface area contributed by atoms with Crippen LogP contribution in [0.3, 0.4) is 0 Å². The highest BCUT2D eigenvalue weighted by Crippen LogP contribution is 2.55. The third-order valence-corrected chi connectivity index (χ3v) is 11.6. The Balaban J connectivity index is 0.906. The Bertz CT molecular complexity index is 1490. The number of benzene rings is 3. The van der Waals surface area contributed by atoms with Crippen molar-refractivity contribution >= 4 is 11.7 Å². The first-order valence-corrected chi connectivity index (χ1v) is 18.2. The van der Waals surface area contributed by atoms with E-state index in [4.69, 9.17) is 9.47 Å². The van der Waals surface area contributed by atoms with E-state index in [9.17, 15) is 9.90 Å². The van der Waals surface area contributed by atoms with Gasteiger partial charge in [0.15, 0.2) is 6.29 Å². The second-order valence-electron chi connectivity index (χ2n) is 15.3. The van der Waals surface area contributed by atoms with Crippen LogP contribution < -0.4 is 10.6 Å². The molecule has 0 radical (unpaired) electrons. The molecule has 254 valence electrons. The van der Waals surface area contributed by atoms with E-state index in [-0.39, 0.29) is 30.4 Å². The number of carbonyl (C=O) groups is 1. The Kier molecular flexibility index (Phi) is 9.27. The molecule has 0 spiro atoms. The van der Waals surface area contributed by atoms with Gasteiger partial charge in [-0.15, -0.1) is 0 Å². The van der Waals surface area contributed by atoms with Crippen LogP contribution in [0.15, 0.2) is 78.9 Å². The van der Waals surface area contributed by atoms with Crippen molar-refractivity contribution in [1.82, 2.24) is 15.1 Å². The number of hydrogen-bond donors (Lipinski definition) is 3. The number of ether oxygens (including phenoxy) is 2. The third kappa shape index (κ3) is 7.33. The minimum Gasteiger partial charge on any atom is -0.392 e. The molecule has 3 atom stereocenters. The number of amides is 2. The number of rotatable bonds is 9. The van der Waals surface area contributed by atoms with E-state index in [1.54, 1.807) is 0 Å². The summed E-state index contributed by atoms with van der Waals surface area (Å²) in [7, 11) is 0. The fourth-order valence-electron chi connectivity index (χ4n) is 9.68. The maximum absolute atomic E-state index is 13.2. The van der Waals surface area contributed by atoms with Crippen molar-refractivity contribution in [2.24, 2.45) is 17.8 Å². The van der Waals surface area contributed by atoms with Gasteiger partial charge in [-0.2, -0.15) is 0 Å². The molecule has 9 rings (SSSR count). The van der Waals surface area contributed by atoms with E-state index in [1.807, 2.05) is 36.4 Å². The van der Waals surface area contributed by atoms with Crippen LogP contribution in [-0.4, -0.2) is 65.3 Å². The van der Waals surface area contributed by atoms with Crippen molar-refractivity contribution in [1.29, 1.82) is 0 Å².